The van der Waals surface area contributed by atoms with Gasteiger partial charge >= 0.3 is 0 Å². The monoisotopic (exact) mass is 243 g/mol. The van der Waals surface area contributed by atoms with Gasteiger partial charge in [-0.3, -0.25) is 0 Å². The first-order valence-electron chi connectivity index (χ1n) is 5.35. The first-order valence-corrected chi connectivity index (χ1v) is 5.73. The molecule has 0 amide bonds. The Morgan fingerprint density at radius 1 is 1.50 bits per heavy atom. The van der Waals surface area contributed by atoms with Crippen LogP contribution in [0, 0.1) is 5.41 Å². The number of nitrogens with one attached hydrogen (secondary N) is 1. The third-order valence-electron chi connectivity index (χ3n) is 2.41. The number of aliphatic hydroxyl groups excluding tert-OH is 1. The van der Waals surface area contributed by atoms with Gasteiger partial charge in [-0.15, -0.1) is 0 Å². The van der Waals surface area contributed by atoms with Crippen molar-refractivity contribution in [1.29, 1.82) is 0 Å². The Morgan fingerprint density at radius 2 is 2.25 bits per heavy atom. The van der Waals surface area contributed by atoms with Gasteiger partial charge in [0.2, 0.25) is 0 Å². The van der Waals surface area contributed by atoms with Crippen molar-refractivity contribution >= 4 is 17.4 Å². The summed E-state index contributed by atoms with van der Waals surface area (Å²) in [4.78, 5) is 7.88. The van der Waals surface area contributed by atoms with Crippen LogP contribution in [0.25, 0.3) is 0 Å². The summed E-state index contributed by atoms with van der Waals surface area (Å²) in [5.74, 6) is 0.661. The van der Waals surface area contributed by atoms with Crippen LogP contribution in [0.4, 0.5) is 5.82 Å². The van der Waals surface area contributed by atoms with E-state index in [1.54, 1.807) is 6.20 Å². The number of hydrogen-bond acceptors (Lipinski definition) is 4. The summed E-state index contributed by atoms with van der Waals surface area (Å²) >= 11 is 5.93. The number of hydrogen-bond donors (Lipinski definition) is 2. The molecule has 1 rings (SSSR count). The van der Waals surface area contributed by atoms with Crippen LogP contribution in [0.1, 0.15) is 26.7 Å². The molecule has 1 heterocycles. The Balaban J connectivity index is 2.47. The molecule has 0 aliphatic carbocycles. The predicted octanol–water partition coefficient (Wildman–Crippen LogP) is 2.34. The zero-order valence-electron chi connectivity index (χ0n) is 9.70. The molecule has 16 heavy (non-hydrogen) atoms. The highest BCUT2D eigenvalue weighted by molar-refractivity contribution is 6.32. The summed E-state index contributed by atoms with van der Waals surface area (Å²) in [5, 5.41) is 12.5. The fourth-order valence-corrected chi connectivity index (χ4v) is 1.58. The number of aromatic nitrogens is 2. The Hall–Kier alpha value is -0.870. The van der Waals surface area contributed by atoms with Gasteiger partial charge in [0.25, 0.3) is 0 Å². The van der Waals surface area contributed by atoms with Crippen molar-refractivity contribution in [2.45, 2.75) is 26.7 Å². The lowest BCUT2D eigenvalue weighted by atomic mass is 9.88. The number of aliphatic hydroxyl groups is 1. The predicted molar refractivity (Wildman–Crippen MR) is 65.6 cm³/mol. The quantitative estimate of drug-likeness (QED) is 0.805. The van der Waals surface area contributed by atoms with Crippen LogP contribution in [0.2, 0.25) is 5.02 Å². The van der Waals surface area contributed by atoms with Gasteiger partial charge < -0.3 is 10.4 Å². The van der Waals surface area contributed by atoms with E-state index in [0.717, 1.165) is 19.4 Å². The van der Waals surface area contributed by atoms with Crippen LogP contribution >= 0.6 is 11.6 Å². The van der Waals surface area contributed by atoms with Gasteiger partial charge in [0.15, 0.2) is 0 Å². The normalized spacial score (nSPS) is 11.5. The molecule has 5 heteroatoms. The standard InChI is InChI=1S/C11H18ClN3O/c1-11(2,4-3-5-16)7-14-10-9(12)6-13-8-15-10/h6,8,16H,3-5,7H2,1-2H3,(H,13,14,15). The lowest BCUT2D eigenvalue weighted by Crippen LogP contribution is -2.24. The van der Waals surface area contributed by atoms with Crippen LogP contribution in [-0.4, -0.2) is 28.2 Å². The summed E-state index contributed by atoms with van der Waals surface area (Å²) in [7, 11) is 0. The molecule has 0 saturated carbocycles. The summed E-state index contributed by atoms with van der Waals surface area (Å²) < 4.78 is 0. The summed E-state index contributed by atoms with van der Waals surface area (Å²) in [6, 6.07) is 0. The second kappa shape index (κ2) is 6.01. The number of anilines is 1. The molecule has 0 aliphatic heterocycles. The van der Waals surface area contributed by atoms with E-state index in [4.69, 9.17) is 16.7 Å². The fraction of sp³-hybridized carbons (Fsp3) is 0.636. The van der Waals surface area contributed by atoms with E-state index < -0.39 is 0 Å². The van der Waals surface area contributed by atoms with E-state index in [9.17, 15) is 0 Å². The molecular weight excluding hydrogens is 226 g/mol. The van der Waals surface area contributed by atoms with Crippen molar-refractivity contribution in [3.63, 3.8) is 0 Å². The molecule has 0 saturated heterocycles. The van der Waals surface area contributed by atoms with Crippen molar-refractivity contribution in [1.82, 2.24) is 9.97 Å². The van der Waals surface area contributed by atoms with E-state index in [-0.39, 0.29) is 12.0 Å². The third-order valence-corrected chi connectivity index (χ3v) is 2.69. The van der Waals surface area contributed by atoms with Crippen molar-refractivity contribution in [3.05, 3.63) is 17.5 Å². The average Bonchev–Trinajstić information content (AvgIpc) is 2.26. The SMILES string of the molecule is CC(C)(CCCO)CNc1ncncc1Cl. The van der Waals surface area contributed by atoms with Gasteiger partial charge in [0.1, 0.15) is 17.2 Å². The number of nitrogens with zero attached hydrogens (tertiary/aromatic N) is 2. The van der Waals surface area contributed by atoms with Gasteiger partial charge in [-0.1, -0.05) is 25.4 Å². The summed E-state index contributed by atoms with van der Waals surface area (Å²) in [6.07, 6.45) is 4.80. The Bertz CT molecular complexity index is 331. The van der Waals surface area contributed by atoms with Crippen LogP contribution in [0.3, 0.4) is 0 Å². The van der Waals surface area contributed by atoms with Crippen LogP contribution in [0.5, 0.6) is 0 Å². The molecule has 0 atom stereocenters. The van der Waals surface area contributed by atoms with Gasteiger partial charge in [-0.2, -0.15) is 0 Å². The Labute approximate surface area is 101 Å². The molecule has 0 radical (unpaired) electrons. The maximum absolute atomic E-state index is 8.80. The maximum Gasteiger partial charge on any atom is 0.148 e. The van der Waals surface area contributed by atoms with Crippen molar-refractivity contribution < 1.29 is 5.11 Å². The van der Waals surface area contributed by atoms with E-state index in [0.29, 0.717) is 10.8 Å². The Kier molecular flexibility index (Phi) is 4.96. The first-order chi connectivity index (χ1) is 7.55. The maximum atomic E-state index is 8.80. The second-order valence-corrected chi connectivity index (χ2v) is 4.97. The summed E-state index contributed by atoms with van der Waals surface area (Å²) in [5.41, 5.74) is 0.108. The highest BCUT2D eigenvalue weighted by Gasteiger charge is 2.17. The van der Waals surface area contributed by atoms with E-state index in [2.05, 4.69) is 29.1 Å². The molecule has 0 fully saturated rings. The van der Waals surface area contributed by atoms with Gasteiger partial charge in [-0.25, -0.2) is 9.97 Å². The molecule has 0 aliphatic rings. The molecule has 0 aromatic carbocycles. The summed E-state index contributed by atoms with van der Waals surface area (Å²) in [6.45, 7) is 5.29. The van der Waals surface area contributed by atoms with Crippen LogP contribution in [-0.2, 0) is 0 Å². The molecule has 1 aromatic heterocycles. The van der Waals surface area contributed by atoms with E-state index >= 15 is 0 Å². The zero-order valence-corrected chi connectivity index (χ0v) is 10.5. The number of halogens is 1. The fourth-order valence-electron chi connectivity index (χ4n) is 1.41. The molecule has 4 nitrogen and oxygen atoms in total. The highest BCUT2D eigenvalue weighted by atomic mass is 35.5. The van der Waals surface area contributed by atoms with Crippen molar-refractivity contribution in [2.24, 2.45) is 5.41 Å². The van der Waals surface area contributed by atoms with Crippen LogP contribution in [0.15, 0.2) is 12.5 Å². The minimum absolute atomic E-state index is 0.108. The minimum Gasteiger partial charge on any atom is -0.396 e. The Morgan fingerprint density at radius 3 is 2.88 bits per heavy atom. The lowest BCUT2D eigenvalue weighted by molar-refractivity contribution is 0.248. The third kappa shape index (κ3) is 4.33. The van der Waals surface area contributed by atoms with Crippen molar-refractivity contribution in [3.8, 4) is 0 Å². The van der Waals surface area contributed by atoms with Gasteiger partial charge in [-0.05, 0) is 18.3 Å². The molecule has 2 N–H and O–H groups in total. The molecule has 0 bridgehead atoms. The largest absolute Gasteiger partial charge is 0.396 e. The molecule has 90 valence electrons. The molecular formula is C11H18ClN3O. The smallest absolute Gasteiger partial charge is 0.148 e. The minimum atomic E-state index is 0.108. The topological polar surface area (TPSA) is 58.0 Å². The molecule has 0 unspecified atom stereocenters. The molecule has 0 spiro atoms. The van der Waals surface area contributed by atoms with E-state index in [1.165, 1.54) is 6.33 Å². The van der Waals surface area contributed by atoms with Crippen LogP contribution < -0.4 is 5.32 Å². The first kappa shape index (κ1) is 13.2. The number of rotatable bonds is 6. The van der Waals surface area contributed by atoms with E-state index in [1.807, 2.05) is 0 Å². The zero-order chi connectivity index (χ0) is 12.0. The second-order valence-electron chi connectivity index (χ2n) is 4.56. The van der Waals surface area contributed by atoms with Gasteiger partial charge in [0, 0.05) is 13.2 Å². The van der Waals surface area contributed by atoms with Gasteiger partial charge in [0.05, 0.1) is 6.20 Å². The highest BCUT2D eigenvalue weighted by Crippen LogP contribution is 2.24. The van der Waals surface area contributed by atoms with Crippen molar-refractivity contribution in [2.75, 3.05) is 18.5 Å². The molecule has 1 aromatic rings. The lowest BCUT2D eigenvalue weighted by Gasteiger charge is -2.25. The average molecular weight is 244 g/mol.